The number of ether oxygens (including phenoxy) is 2. The van der Waals surface area contributed by atoms with Gasteiger partial charge in [0.05, 0.1) is 13.7 Å². The molecular weight excluding hydrogens is 467 g/mol. The Kier molecular flexibility index (Phi) is 9.24. The third-order valence-corrected chi connectivity index (χ3v) is 6.12. The molecule has 0 atom stereocenters. The van der Waals surface area contributed by atoms with Crippen molar-refractivity contribution in [2.45, 2.75) is 32.4 Å². The smallest absolute Gasteiger partial charge is 0.223 e. The predicted molar refractivity (Wildman–Crippen MR) is 142 cm³/mol. The van der Waals surface area contributed by atoms with Gasteiger partial charge in [-0.15, -0.1) is 0 Å². The largest absolute Gasteiger partial charge is 0.496 e. The highest BCUT2D eigenvalue weighted by Gasteiger charge is 2.16. The minimum atomic E-state index is -0.244. The monoisotopic (exact) mass is 498 g/mol. The van der Waals surface area contributed by atoms with Gasteiger partial charge in [0.1, 0.15) is 17.3 Å². The second-order valence-corrected chi connectivity index (χ2v) is 8.79. The summed E-state index contributed by atoms with van der Waals surface area (Å²) in [4.78, 5) is 19.3. The lowest BCUT2D eigenvalue weighted by Crippen LogP contribution is -2.30. The van der Waals surface area contributed by atoms with Crippen LogP contribution in [0, 0.1) is 5.82 Å². The molecule has 0 aliphatic carbocycles. The van der Waals surface area contributed by atoms with Crippen molar-refractivity contribution in [1.29, 1.82) is 0 Å². The van der Waals surface area contributed by atoms with Crippen LogP contribution in [0.2, 0.25) is 0 Å². The van der Waals surface area contributed by atoms with Crippen LogP contribution < -0.4 is 9.47 Å². The van der Waals surface area contributed by atoms with Crippen molar-refractivity contribution >= 4 is 5.91 Å². The summed E-state index contributed by atoms with van der Waals surface area (Å²) in [7, 11) is 1.64. The minimum Gasteiger partial charge on any atom is -0.496 e. The van der Waals surface area contributed by atoms with E-state index in [0.29, 0.717) is 39.0 Å². The summed E-state index contributed by atoms with van der Waals surface area (Å²) in [5.74, 6) is 1.35. The molecule has 0 fully saturated rings. The first-order valence-electron chi connectivity index (χ1n) is 12.4. The lowest BCUT2D eigenvalue weighted by atomic mass is 10.1. The molecule has 0 unspecified atom stereocenters. The molecule has 1 aromatic heterocycles. The Bertz CT molecular complexity index is 1280. The molecule has 6 heteroatoms. The number of nitrogens with zero attached hydrogens (tertiary/aromatic N) is 2. The van der Waals surface area contributed by atoms with E-state index in [4.69, 9.17) is 9.47 Å². The van der Waals surface area contributed by atoms with Crippen LogP contribution >= 0.6 is 0 Å². The Labute approximate surface area is 217 Å². The summed E-state index contributed by atoms with van der Waals surface area (Å²) in [6.45, 7) is 1.43. The molecule has 0 aliphatic heterocycles. The fraction of sp³-hybridized carbons (Fsp3) is 0.226. The summed E-state index contributed by atoms with van der Waals surface area (Å²) in [6, 6.07) is 25.9. The number of halogens is 1. The summed E-state index contributed by atoms with van der Waals surface area (Å²) >= 11 is 0. The van der Waals surface area contributed by atoms with E-state index < -0.39 is 0 Å². The number of pyridine rings is 1. The van der Waals surface area contributed by atoms with Crippen molar-refractivity contribution in [3.8, 4) is 11.5 Å². The van der Waals surface area contributed by atoms with Crippen LogP contribution in [0.3, 0.4) is 0 Å². The van der Waals surface area contributed by atoms with E-state index in [-0.39, 0.29) is 11.7 Å². The molecule has 0 saturated carbocycles. The molecule has 3 aromatic carbocycles. The number of para-hydroxylation sites is 1. The first-order valence-corrected chi connectivity index (χ1v) is 12.4. The highest BCUT2D eigenvalue weighted by Crippen LogP contribution is 2.21. The van der Waals surface area contributed by atoms with Crippen LogP contribution in [0.15, 0.2) is 97.3 Å². The summed E-state index contributed by atoms with van der Waals surface area (Å²) in [5.41, 5.74) is 4.03. The van der Waals surface area contributed by atoms with Gasteiger partial charge < -0.3 is 14.4 Å². The lowest BCUT2D eigenvalue weighted by molar-refractivity contribution is -0.132. The number of carbonyl (C=O) groups excluding carboxylic acids is 1. The second-order valence-electron chi connectivity index (χ2n) is 8.79. The quantitative estimate of drug-likeness (QED) is 0.240. The first kappa shape index (κ1) is 25.9. The molecule has 190 valence electrons. The van der Waals surface area contributed by atoms with Gasteiger partial charge in [0.15, 0.2) is 0 Å². The van der Waals surface area contributed by atoms with Crippen molar-refractivity contribution in [3.05, 3.63) is 125 Å². The summed E-state index contributed by atoms with van der Waals surface area (Å²) < 4.78 is 24.5. The fourth-order valence-corrected chi connectivity index (χ4v) is 4.14. The standard InChI is InChI=1S/C31H31FN2O3/c1-36-30-8-3-2-6-27(30)11-14-31(35)34(22-25-15-18-33-19-16-25)23-26-5-4-7-29(21-26)37-20-17-24-9-12-28(32)13-10-24/h2-10,12-13,15-16,18-19,21H,11,14,17,20,22-23H2,1H3. The van der Waals surface area contributed by atoms with Crippen LogP contribution in [0.4, 0.5) is 4.39 Å². The maximum absolute atomic E-state index is 13.4. The van der Waals surface area contributed by atoms with Gasteiger partial charge >= 0.3 is 0 Å². The van der Waals surface area contributed by atoms with Gasteiger partial charge in [0.2, 0.25) is 5.91 Å². The SMILES string of the molecule is COc1ccccc1CCC(=O)N(Cc1ccncc1)Cc1cccc(OCCc2ccc(F)cc2)c1. The molecule has 0 radical (unpaired) electrons. The van der Waals surface area contributed by atoms with E-state index in [1.54, 1.807) is 31.6 Å². The molecule has 4 rings (SSSR count). The van der Waals surface area contributed by atoms with Crippen LogP contribution in [0.5, 0.6) is 11.5 Å². The molecule has 4 aromatic rings. The number of aryl methyl sites for hydroxylation is 1. The molecule has 1 heterocycles. The molecule has 0 N–H and O–H groups in total. The van der Waals surface area contributed by atoms with Gasteiger partial charge in [0.25, 0.3) is 0 Å². The highest BCUT2D eigenvalue weighted by molar-refractivity contribution is 5.76. The third kappa shape index (κ3) is 7.90. The number of amides is 1. The number of benzene rings is 3. The number of rotatable bonds is 12. The third-order valence-electron chi connectivity index (χ3n) is 6.12. The molecule has 37 heavy (non-hydrogen) atoms. The van der Waals surface area contributed by atoms with Gasteiger partial charge in [0, 0.05) is 38.3 Å². The normalized spacial score (nSPS) is 10.6. The number of hydrogen-bond acceptors (Lipinski definition) is 4. The van der Waals surface area contributed by atoms with Crippen LogP contribution in [-0.2, 0) is 30.7 Å². The number of carbonyl (C=O) groups is 1. The molecule has 0 aliphatic rings. The van der Waals surface area contributed by atoms with Crippen LogP contribution in [0.1, 0.15) is 28.7 Å². The van der Waals surface area contributed by atoms with Crippen LogP contribution in [0.25, 0.3) is 0 Å². The summed E-state index contributed by atoms with van der Waals surface area (Å²) in [5, 5.41) is 0. The van der Waals surface area contributed by atoms with Gasteiger partial charge in [-0.3, -0.25) is 9.78 Å². The number of aromatic nitrogens is 1. The Morgan fingerprint density at radius 1 is 0.838 bits per heavy atom. The zero-order valence-corrected chi connectivity index (χ0v) is 21.0. The first-order chi connectivity index (χ1) is 18.1. The Morgan fingerprint density at radius 2 is 1.59 bits per heavy atom. The molecule has 0 saturated heterocycles. The minimum absolute atomic E-state index is 0.0605. The van der Waals surface area contributed by atoms with E-state index in [0.717, 1.165) is 33.8 Å². The van der Waals surface area contributed by atoms with Crippen molar-refractivity contribution in [2.24, 2.45) is 0 Å². The van der Waals surface area contributed by atoms with Gasteiger partial charge in [-0.25, -0.2) is 4.39 Å². The highest BCUT2D eigenvalue weighted by atomic mass is 19.1. The Hall–Kier alpha value is -4.19. The van der Waals surface area contributed by atoms with Gasteiger partial charge in [-0.2, -0.15) is 0 Å². The Morgan fingerprint density at radius 3 is 2.38 bits per heavy atom. The second kappa shape index (κ2) is 13.2. The van der Waals surface area contributed by atoms with E-state index in [1.165, 1.54) is 12.1 Å². The van der Waals surface area contributed by atoms with E-state index in [9.17, 15) is 9.18 Å². The van der Waals surface area contributed by atoms with Gasteiger partial charge in [-0.05, 0) is 71.1 Å². The average molecular weight is 499 g/mol. The molecular formula is C31H31FN2O3. The molecule has 1 amide bonds. The topological polar surface area (TPSA) is 51.7 Å². The average Bonchev–Trinajstić information content (AvgIpc) is 2.93. The van der Waals surface area contributed by atoms with Gasteiger partial charge in [-0.1, -0.05) is 42.5 Å². The molecule has 5 nitrogen and oxygen atoms in total. The maximum atomic E-state index is 13.4. The molecule has 0 spiro atoms. The maximum Gasteiger partial charge on any atom is 0.223 e. The fourth-order valence-electron chi connectivity index (χ4n) is 4.14. The summed E-state index contributed by atoms with van der Waals surface area (Å²) in [6.07, 6.45) is 5.13. The van der Waals surface area contributed by atoms with Crippen molar-refractivity contribution in [2.75, 3.05) is 13.7 Å². The number of methoxy groups -OCH3 is 1. The van der Waals surface area contributed by atoms with Crippen molar-refractivity contribution < 1.29 is 18.7 Å². The van der Waals surface area contributed by atoms with Crippen molar-refractivity contribution in [1.82, 2.24) is 9.88 Å². The van der Waals surface area contributed by atoms with E-state index >= 15 is 0 Å². The lowest BCUT2D eigenvalue weighted by Gasteiger charge is -2.24. The zero-order valence-electron chi connectivity index (χ0n) is 21.0. The zero-order chi connectivity index (χ0) is 25.9. The van der Waals surface area contributed by atoms with E-state index in [1.807, 2.05) is 65.6 Å². The number of hydrogen-bond donors (Lipinski definition) is 0. The van der Waals surface area contributed by atoms with Crippen molar-refractivity contribution in [3.63, 3.8) is 0 Å². The van der Waals surface area contributed by atoms with E-state index in [2.05, 4.69) is 4.98 Å². The van der Waals surface area contributed by atoms with Crippen LogP contribution in [-0.4, -0.2) is 29.5 Å². The Balaban J connectivity index is 1.41. The molecule has 0 bridgehead atoms. The predicted octanol–water partition coefficient (Wildman–Crippen LogP) is 6.01.